The quantitative estimate of drug-likeness (QED) is 0.529. The van der Waals surface area contributed by atoms with Crippen LogP contribution in [0.3, 0.4) is 0 Å². The van der Waals surface area contributed by atoms with Gasteiger partial charge in [-0.1, -0.05) is 0 Å². The Bertz CT molecular complexity index is 418. The second kappa shape index (κ2) is 7.47. The largest absolute Gasteiger partial charge is 0.396 e. The fourth-order valence-corrected chi connectivity index (χ4v) is 2.41. The van der Waals surface area contributed by atoms with E-state index >= 15 is 0 Å². The van der Waals surface area contributed by atoms with Crippen LogP contribution in [0.5, 0.6) is 0 Å². The van der Waals surface area contributed by atoms with E-state index in [1.54, 1.807) is 12.4 Å². The summed E-state index contributed by atoms with van der Waals surface area (Å²) in [5.41, 5.74) is 0. The molecule has 0 saturated carbocycles. The monoisotopic (exact) mass is 276 g/mol. The first kappa shape index (κ1) is 15.1. The minimum atomic E-state index is -3.43. The van der Waals surface area contributed by atoms with Gasteiger partial charge in [0.15, 0.2) is 0 Å². The van der Waals surface area contributed by atoms with Crippen LogP contribution in [0.15, 0.2) is 12.4 Å². The number of aryl methyl sites for hydroxylation is 1. The van der Waals surface area contributed by atoms with Crippen LogP contribution < -0.4 is 4.72 Å². The van der Waals surface area contributed by atoms with Crippen LogP contribution in [0.25, 0.3) is 0 Å². The molecule has 1 heterocycles. The lowest BCUT2D eigenvalue weighted by atomic mass is 10.3. The number of aromatic nitrogens is 2. The van der Waals surface area contributed by atoms with Gasteiger partial charge >= 0.3 is 0 Å². The molecule has 0 aliphatic heterocycles. The lowest BCUT2D eigenvalue weighted by Crippen LogP contribution is -2.39. The van der Waals surface area contributed by atoms with Crippen molar-refractivity contribution < 1.29 is 13.5 Å². The molecule has 0 radical (unpaired) electrons. The molecular weight excluding hydrogens is 256 g/mol. The van der Waals surface area contributed by atoms with Gasteiger partial charge in [0.25, 0.3) is 10.2 Å². The van der Waals surface area contributed by atoms with E-state index in [-0.39, 0.29) is 6.61 Å². The highest BCUT2D eigenvalue weighted by atomic mass is 32.2. The van der Waals surface area contributed by atoms with Crippen LogP contribution in [0.1, 0.15) is 18.7 Å². The van der Waals surface area contributed by atoms with Gasteiger partial charge in [-0.25, -0.2) is 9.71 Å². The molecule has 8 heteroatoms. The number of aliphatic hydroxyl groups excluding tert-OH is 1. The molecule has 0 amide bonds. The first-order valence-corrected chi connectivity index (χ1v) is 7.30. The number of hydrogen-bond acceptors (Lipinski definition) is 4. The van der Waals surface area contributed by atoms with Crippen LogP contribution in [-0.4, -0.2) is 54.5 Å². The van der Waals surface area contributed by atoms with Gasteiger partial charge in [-0.15, -0.1) is 0 Å². The van der Waals surface area contributed by atoms with Crippen LogP contribution in [0, 0.1) is 0 Å². The Morgan fingerprint density at radius 3 is 2.89 bits per heavy atom. The standard InChI is InChI=1S/C10H20N4O3S/c1-14(8-3-9-15)18(16,17)13-5-2-4-10-11-6-7-12-10/h6-7,13,15H,2-5,8-9H2,1H3,(H,11,12). The highest BCUT2D eigenvalue weighted by Crippen LogP contribution is 1.98. The Morgan fingerprint density at radius 1 is 1.50 bits per heavy atom. The highest BCUT2D eigenvalue weighted by molar-refractivity contribution is 7.87. The molecule has 104 valence electrons. The lowest BCUT2D eigenvalue weighted by Gasteiger charge is -2.16. The molecular formula is C10H20N4O3S. The van der Waals surface area contributed by atoms with Crippen molar-refractivity contribution >= 4 is 10.2 Å². The smallest absolute Gasteiger partial charge is 0.279 e. The van der Waals surface area contributed by atoms with Crippen molar-refractivity contribution in [2.75, 3.05) is 26.7 Å². The third kappa shape index (κ3) is 5.13. The molecule has 0 fully saturated rings. The van der Waals surface area contributed by atoms with Crippen molar-refractivity contribution in [3.63, 3.8) is 0 Å². The molecule has 18 heavy (non-hydrogen) atoms. The Morgan fingerprint density at radius 2 is 2.28 bits per heavy atom. The van der Waals surface area contributed by atoms with Crippen molar-refractivity contribution in [1.82, 2.24) is 19.0 Å². The van der Waals surface area contributed by atoms with Gasteiger partial charge in [0.1, 0.15) is 5.82 Å². The number of aliphatic hydroxyl groups is 1. The number of nitrogens with zero attached hydrogens (tertiary/aromatic N) is 2. The van der Waals surface area contributed by atoms with E-state index in [1.165, 1.54) is 11.4 Å². The Hall–Kier alpha value is -0.960. The molecule has 1 aromatic rings. The molecule has 0 aromatic carbocycles. The van der Waals surface area contributed by atoms with Crippen LogP contribution >= 0.6 is 0 Å². The molecule has 0 bridgehead atoms. The fraction of sp³-hybridized carbons (Fsp3) is 0.700. The van der Waals surface area contributed by atoms with Crippen LogP contribution in [0.2, 0.25) is 0 Å². The predicted molar refractivity (Wildman–Crippen MR) is 68.2 cm³/mol. The molecule has 0 saturated heterocycles. The van der Waals surface area contributed by atoms with Gasteiger partial charge in [0.2, 0.25) is 0 Å². The summed E-state index contributed by atoms with van der Waals surface area (Å²) in [5, 5.41) is 8.65. The van der Waals surface area contributed by atoms with Gasteiger partial charge in [-0.05, 0) is 12.8 Å². The topological polar surface area (TPSA) is 98.3 Å². The van der Waals surface area contributed by atoms with E-state index in [1.807, 2.05) is 0 Å². The zero-order valence-electron chi connectivity index (χ0n) is 10.5. The number of hydrogen-bond donors (Lipinski definition) is 3. The zero-order chi connectivity index (χ0) is 13.4. The predicted octanol–water partition coefficient (Wildman–Crippen LogP) is -0.509. The SMILES string of the molecule is CN(CCCO)S(=O)(=O)NCCCc1ncc[nH]1. The highest BCUT2D eigenvalue weighted by Gasteiger charge is 2.15. The van der Waals surface area contributed by atoms with Gasteiger partial charge in [0, 0.05) is 45.6 Å². The van der Waals surface area contributed by atoms with Gasteiger partial charge < -0.3 is 10.1 Å². The number of nitrogens with one attached hydrogen (secondary N) is 2. The van der Waals surface area contributed by atoms with Crippen LogP contribution in [-0.2, 0) is 16.6 Å². The summed E-state index contributed by atoms with van der Waals surface area (Å²) in [5.74, 6) is 0.850. The Balaban J connectivity index is 2.24. The maximum absolute atomic E-state index is 11.7. The number of imidazole rings is 1. The van der Waals surface area contributed by atoms with E-state index in [9.17, 15) is 8.42 Å². The van der Waals surface area contributed by atoms with Gasteiger partial charge in [-0.3, -0.25) is 0 Å². The number of aromatic amines is 1. The molecule has 0 aliphatic rings. The van der Waals surface area contributed by atoms with Crippen molar-refractivity contribution in [3.05, 3.63) is 18.2 Å². The summed E-state index contributed by atoms with van der Waals surface area (Å²) in [4.78, 5) is 7.01. The Labute approximate surface area is 107 Å². The summed E-state index contributed by atoms with van der Waals surface area (Å²) in [6.45, 7) is 0.662. The van der Waals surface area contributed by atoms with E-state index in [0.29, 0.717) is 32.4 Å². The van der Waals surface area contributed by atoms with E-state index in [2.05, 4.69) is 14.7 Å². The Kier molecular flexibility index (Phi) is 6.27. The minimum Gasteiger partial charge on any atom is -0.396 e. The summed E-state index contributed by atoms with van der Waals surface area (Å²) in [6.07, 6.45) is 5.23. The molecule has 1 aromatic heterocycles. The molecule has 3 N–H and O–H groups in total. The molecule has 0 unspecified atom stereocenters. The summed E-state index contributed by atoms with van der Waals surface area (Å²) >= 11 is 0. The maximum Gasteiger partial charge on any atom is 0.279 e. The van der Waals surface area contributed by atoms with Crippen molar-refractivity contribution in [2.24, 2.45) is 0 Å². The summed E-state index contributed by atoms with van der Waals surface area (Å²) in [6, 6.07) is 0. The van der Waals surface area contributed by atoms with Crippen molar-refractivity contribution in [2.45, 2.75) is 19.3 Å². The number of rotatable bonds is 9. The minimum absolute atomic E-state index is 0.0155. The number of H-pyrrole nitrogens is 1. The average Bonchev–Trinajstić information content (AvgIpc) is 2.84. The van der Waals surface area contributed by atoms with E-state index < -0.39 is 10.2 Å². The molecule has 7 nitrogen and oxygen atoms in total. The second-order valence-corrected chi connectivity index (χ2v) is 5.80. The third-order valence-electron chi connectivity index (χ3n) is 2.47. The second-order valence-electron chi connectivity index (χ2n) is 3.94. The van der Waals surface area contributed by atoms with E-state index in [4.69, 9.17) is 5.11 Å². The molecule has 0 spiro atoms. The van der Waals surface area contributed by atoms with Crippen molar-refractivity contribution in [1.29, 1.82) is 0 Å². The fourth-order valence-electron chi connectivity index (χ4n) is 1.42. The van der Waals surface area contributed by atoms with Crippen LogP contribution in [0.4, 0.5) is 0 Å². The average molecular weight is 276 g/mol. The van der Waals surface area contributed by atoms with Crippen molar-refractivity contribution in [3.8, 4) is 0 Å². The third-order valence-corrected chi connectivity index (χ3v) is 4.04. The van der Waals surface area contributed by atoms with E-state index in [0.717, 1.165) is 5.82 Å². The van der Waals surface area contributed by atoms with Gasteiger partial charge in [0.05, 0.1) is 0 Å². The summed E-state index contributed by atoms with van der Waals surface area (Å²) in [7, 11) is -1.94. The van der Waals surface area contributed by atoms with Gasteiger partial charge in [-0.2, -0.15) is 12.7 Å². The molecule has 0 aliphatic carbocycles. The normalized spacial score (nSPS) is 12.2. The zero-order valence-corrected chi connectivity index (χ0v) is 11.3. The first-order chi connectivity index (χ1) is 8.56. The maximum atomic E-state index is 11.7. The summed E-state index contributed by atoms with van der Waals surface area (Å²) < 4.78 is 27.1. The molecule has 0 atom stereocenters. The first-order valence-electron chi connectivity index (χ1n) is 5.86. The lowest BCUT2D eigenvalue weighted by molar-refractivity contribution is 0.275. The molecule has 1 rings (SSSR count).